The van der Waals surface area contributed by atoms with E-state index < -0.39 is 22.9 Å². The number of carboxylic acid groups (broad SMARTS) is 1. The fourth-order valence-electron chi connectivity index (χ4n) is 2.32. The first-order chi connectivity index (χ1) is 10.5. The number of nitrogens with zero attached hydrogens (tertiary/aromatic N) is 3. The summed E-state index contributed by atoms with van der Waals surface area (Å²) in [4.78, 5) is 26.1. The number of hydrogen-bond donors (Lipinski definition) is 1. The third-order valence-electron chi connectivity index (χ3n) is 3.46. The van der Waals surface area contributed by atoms with Crippen LogP contribution in [0.15, 0.2) is 36.9 Å². The molecule has 2 atom stereocenters. The number of rotatable bonds is 6. The number of aliphatic carboxylic acids is 1. The molecule has 1 aromatic carbocycles. The Morgan fingerprint density at radius 2 is 2.23 bits per heavy atom. The third kappa shape index (κ3) is 2.90. The standard InChI is InChI=1S/C14H15N3O5/c1-9(14(18)19)13(16-6-5-15-8-16)11-4-3-10(22-2)7-12(11)17(20)21/h3-9,13H,1-2H3,(H,18,19). The summed E-state index contributed by atoms with van der Waals surface area (Å²) in [5.41, 5.74) is 0.102. The highest BCUT2D eigenvalue weighted by molar-refractivity contribution is 5.71. The minimum atomic E-state index is -1.05. The van der Waals surface area contributed by atoms with Crippen molar-refractivity contribution in [2.24, 2.45) is 5.92 Å². The maximum absolute atomic E-state index is 11.4. The van der Waals surface area contributed by atoms with Crippen molar-refractivity contribution < 1.29 is 19.6 Å². The molecule has 0 radical (unpaired) electrons. The monoisotopic (exact) mass is 305 g/mol. The molecule has 116 valence electrons. The van der Waals surface area contributed by atoms with Gasteiger partial charge >= 0.3 is 5.97 Å². The molecule has 0 aliphatic carbocycles. The molecule has 0 fully saturated rings. The molecule has 0 amide bonds. The second kappa shape index (κ2) is 6.25. The number of imidazole rings is 1. The van der Waals surface area contributed by atoms with Crippen LogP contribution in [0, 0.1) is 16.0 Å². The molecule has 22 heavy (non-hydrogen) atoms. The van der Waals surface area contributed by atoms with Crippen molar-refractivity contribution in [2.75, 3.05) is 7.11 Å². The largest absolute Gasteiger partial charge is 0.497 e. The molecule has 8 nitrogen and oxygen atoms in total. The second-order valence-corrected chi connectivity index (χ2v) is 4.76. The Morgan fingerprint density at radius 1 is 1.50 bits per heavy atom. The summed E-state index contributed by atoms with van der Waals surface area (Å²) >= 11 is 0. The quantitative estimate of drug-likeness (QED) is 0.647. The normalized spacial score (nSPS) is 13.4. The van der Waals surface area contributed by atoms with Crippen LogP contribution in [0.1, 0.15) is 18.5 Å². The maximum Gasteiger partial charge on any atom is 0.308 e. The van der Waals surface area contributed by atoms with Crippen LogP contribution in [0.5, 0.6) is 5.75 Å². The van der Waals surface area contributed by atoms with Crippen molar-refractivity contribution in [2.45, 2.75) is 13.0 Å². The van der Waals surface area contributed by atoms with Crippen molar-refractivity contribution in [1.29, 1.82) is 0 Å². The highest BCUT2D eigenvalue weighted by atomic mass is 16.6. The van der Waals surface area contributed by atoms with Gasteiger partial charge in [0.25, 0.3) is 5.69 Å². The van der Waals surface area contributed by atoms with Gasteiger partial charge in [-0.25, -0.2) is 4.98 Å². The minimum Gasteiger partial charge on any atom is -0.497 e. The molecule has 2 rings (SSSR count). The molecule has 0 saturated carbocycles. The molecule has 0 bridgehead atoms. The highest BCUT2D eigenvalue weighted by Crippen LogP contribution is 2.35. The first-order valence-corrected chi connectivity index (χ1v) is 6.48. The highest BCUT2D eigenvalue weighted by Gasteiger charge is 2.32. The number of nitro benzene ring substituents is 1. The minimum absolute atomic E-state index is 0.189. The predicted octanol–water partition coefficient (Wildman–Crippen LogP) is 2.11. The van der Waals surface area contributed by atoms with Gasteiger partial charge in [0.2, 0.25) is 0 Å². The lowest BCUT2D eigenvalue weighted by atomic mass is 9.93. The van der Waals surface area contributed by atoms with E-state index >= 15 is 0 Å². The second-order valence-electron chi connectivity index (χ2n) is 4.76. The number of hydrogen-bond acceptors (Lipinski definition) is 5. The zero-order chi connectivity index (χ0) is 16.3. The van der Waals surface area contributed by atoms with Crippen LogP contribution in [0.25, 0.3) is 0 Å². The van der Waals surface area contributed by atoms with Gasteiger partial charge in [-0.3, -0.25) is 14.9 Å². The van der Waals surface area contributed by atoms with E-state index in [0.717, 1.165) is 0 Å². The average Bonchev–Trinajstić information content (AvgIpc) is 3.01. The number of benzene rings is 1. The fraction of sp³-hybridized carbons (Fsp3) is 0.286. The van der Waals surface area contributed by atoms with E-state index in [2.05, 4.69) is 4.98 Å². The first kappa shape index (κ1) is 15.5. The van der Waals surface area contributed by atoms with Crippen LogP contribution in [0.2, 0.25) is 0 Å². The van der Waals surface area contributed by atoms with Gasteiger partial charge in [-0.2, -0.15) is 0 Å². The van der Waals surface area contributed by atoms with E-state index in [4.69, 9.17) is 4.74 Å². The Labute approximate surface area is 126 Å². The smallest absolute Gasteiger partial charge is 0.308 e. The van der Waals surface area contributed by atoms with Crippen molar-refractivity contribution in [3.05, 3.63) is 52.6 Å². The van der Waals surface area contributed by atoms with Crippen LogP contribution < -0.4 is 4.74 Å². The van der Waals surface area contributed by atoms with Gasteiger partial charge < -0.3 is 14.4 Å². The lowest BCUT2D eigenvalue weighted by Crippen LogP contribution is -2.25. The number of methoxy groups -OCH3 is 1. The van der Waals surface area contributed by atoms with Crippen molar-refractivity contribution in [3.63, 3.8) is 0 Å². The number of aromatic nitrogens is 2. The van der Waals surface area contributed by atoms with Crippen LogP contribution in [0.4, 0.5) is 5.69 Å². The summed E-state index contributed by atoms with van der Waals surface area (Å²) in [6.45, 7) is 1.50. The third-order valence-corrected chi connectivity index (χ3v) is 3.46. The van der Waals surface area contributed by atoms with Crippen molar-refractivity contribution in [3.8, 4) is 5.75 Å². The molecule has 0 saturated heterocycles. The Morgan fingerprint density at radius 3 is 2.73 bits per heavy atom. The van der Waals surface area contributed by atoms with Gasteiger partial charge in [0.1, 0.15) is 5.75 Å². The Hall–Kier alpha value is -2.90. The molecule has 0 aliphatic rings. The molecular formula is C14H15N3O5. The summed E-state index contributed by atoms with van der Waals surface area (Å²) in [5.74, 6) is -1.59. The molecule has 1 N–H and O–H groups in total. The van der Waals surface area contributed by atoms with E-state index in [1.165, 1.54) is 38.7 Å². The Kier molecular flexibility index (Phi) is 4.40. The van der Waals surface area contributed by atoms with Crippen LogP contribution in [0.3, 0.4) is 0 Å². The van der Waals surface area contributed by atoms with Crippen molar-refractivity contribution >= 4 is 11.7 Å². The van der Waals surface area contributed by atoms with E-state index in [0.29, 0.717) is 11.3 Å². The summed E-state index contributed by atoms with van der Waals surface area (Å²) < 4.78 is 6.55. The average molecular weight is 305 g/mol. The zero-order valence-corrected chi connectivity index (χ0v) is 12.0. The van der Waals surface area contributed by atoms with Gasteiger partial charge in [0.15, 0.2) is 0 Å². The molecule has 8 heteroatoms. The number of carbonyl (C=O) groups is 1. The predicted molar refractivity (Wildman–Crippen MR) is 76.8 cm³/mol. The van der Waals surface area contributed by atoms with Gasteiger partial charge in [-0.1, -0.05) is 0 Å². The van der Waals surface area contributed by atoms with Gasteiger partial charge in [0.05, 0.1) is 41.9 Å². The summed E-state index contributed by atoms with van der Waals surface area (Å²) in [6, 6.07) is 3.63. The lowest BCUT2D eigenvalue weighted by molar-refractivity contribution is -0.385. The van der Waals surface area contributed by atoms with Crippen LogP contribution in [-0.4, -0.2) is 32.7 Å². The summed E-state index contributed by atoms with van der Waals surface area (Å²) in [7, 11) is 1.41. The molecular weight excluding hydrogens is 290 g/mol. The number of nitro groups is 1. The molecule has 2 aromatic rings. The van der Waals surface area contributed by atoms with E-state index in [1.807, 2.05) is 0 Å². The SMILES string of the molecule is COc1ccc(C(C(C)C(=O)O)n2ccnc2)c([N+](=O)[O-])c1. The molecule has 0 spiro atoms. The van der Waals surface area contributed by atoms with Gasteiger partial charge in [-0.15, -0.1) is 0 Å². The Balaban J connectivity index is 2.61. The Bertz CT molecular complexity index is 684. The maximum atomic E-state index is 11.4. The van der Waals surface area contributed by atoms with Crippen LogP contribution in [-0.2, 0) is 4.79 Å². The molecule has 1 heterocycles. The van der Waals surface area contributed by atoms with Gasteiger partial charge in [0, 0.05) is 12.4 Å². The summed E-state index contributed by atoms with van der Waals surface area (Å²) in [6.07, 6.45) is 4.52. The topological polar surface area (TPSA) is 107 Å². The van der Waals surface area contributed by atoms with Crippen LogP contribution >= 0.6 is 0 Å². The zero-order valence-electron chi connectivity index (χ0n) is 12.0. The van der Waals surface area contributed by atoms with Crippen molar-refractivity contribution in [1.82, 2.24) is 9.55 Å². The van der Waals surface area contributed by atoms with E-state index in [1.54, 1.807) is 16.8 Å². The number of carboxylic acids is 1. The number of ether oxygens (including phenoxy) is 1. The molecule has 1 aromatic heterocycles. The van der Waals surface area contributed by atoms with E-state index in [9.17, 15) is 20.0 Å². The molecule has 0 aliphatic heterocycles. The fourth-order valence-corrected chi connectivity index (χ4v) is 2.32. The molecule has 2 unspecified atom stereocenters. The van der Waals surface area contributed by atoms with Gasteiger partial charge in [-0.05, 0) is 19.1 Å². The van der Waals surface area contributed by atoms with E-state index in [-0.39, 0.29) is 5.69 Å². The lowest BCUT2D eigenvalue weighted by Gasteiger charge is -2.22. The summed E-state index contributed by atoms with van der Waals surface area (Å²) in [5, 5.41) is 20.6. The first-order valence-electron chi connectivity index (χ1n) is 6.48.